The Morgan fingerprint density at radius 2 is 2.00 bits per heavy atom. The maximum atomic E-state index is 10.8. The number of carbonyl (C=O) groups excluding carboxylic acids is 1. The second kappa shape index (κ2) is 11.4. The minimum Gasteiger partial charge on any atom is -0.369 e. The van der Waals surface area contributed by atoms with Gasteiger partial charge in [0, 0.05) is 13.1 Å². The maximum Gasteiger partial charge on any atom is 0.246 e. The van der Waals surface area contributed by atoms with Crippen molar-refractivity contribution < 1.29 is 9.53 Å². The summed E-state index contributed by atoms with van der Waals surface area (Å²) in [5.74, 6) is -0.107. The van der Waals surface area contributed by atoms with Crippen LogP contribution in [0.1, 0.15) is 27.7 Å². The van der Waals surface area contributed by atoms with Gasteiger partial charge in [0.05, 0.1) is 6.10 Å². The van der Waals surface area contributed by atoms with Crippen LogP contribution in [0.15, 0.2) is 0 Å². The van der Waals surface area contributed by atoms with E-state index in [0.717, 1.165) is 0 Å². The van der Waals surface area contributed by atoms with Gasteiger partial charge in [-0.25, -0.2) is 0 Å². The van der Waals surface area contributed by atoms with Crippen molar-refractivity contribution >= 4 is 5.91 Å². The van der Waals surface area contributed by atoms with E-state index in [0.29, 0.717) is 13.1 Å². The highest BCUT2D eigenvalue weighted by Crippen LogP contribution is 1.85. The molecule has 0 heterocycles. The summed E-state index contributed by atoms with van der Waals surface area (Å²) < 4.78 is 5.05. The van der Waals surface area contributed by atoms with Crippen molar-refractivity contribution in [3.05, 3.63) is 0 Å². The van der Waals surface area contributed by atoms with Gasteiger partial charge in [-0.3, -0.25) is 4.79 Å². The van der Waals surface area contributed by atoms with E-state index >= 15 is 0 Å². The van der Waals surface area contributed by atoms with Crippen molar-refractivity contribution in [1.29, 1.82) is 0 Å². The summed E-state index contributed by atoms with van der Waals surface area (Å²) >= 11 is 0. The molecule has 0 radical (unpaired) electrons. The second-order valence-electron chi connectivity index (χ2n) is 2.50. The summed E-state index contributed by atoms with van der Waals surface area (Å²) in [6, 6.07) is 0. The van der Waals surface area contributed by atoms with Crippen molar-refractivity contribution in [2.45, 2.75) is 33.8 Å². The summed E-state index contributed by atoms with van der Waals surface area (Å²) in [5, 5.41) is 2.60. The fraction of sp³-hybridized carbons (Fsp3) is 0.889. The van der Waals surface area contributed by atoms with Crippen LogP contribution in [-0.4, -0.2) is 31.7 Å². The molecular formula is C9H22N2O2. The predicted molar refractivity (Wildman–Crippen MR) is 54.5 cm³/mol. The van der Waals surface area contributed by atoms with E-state index in [1.54, 1.807) is 0 Å². The number of rotatable bonds is 5. The molecule has 0 aromatic rings. The largest absolute Gasteiger partial charge is 0.369 e. The van der Waals surface area contributed by atoms with Gasteiger partial charge in [0.15, 0.2) is 0 Å². The lowest BCUT2D eigenvalue weighted by molar-refractivity contribution is -0.127. The van der Waals surface area contributed by atoms with Crippen LogP contribution in [0.3, 0.4) is 0 Å². The minimum absolute atomic E-state index is 0.0960. The first-order valence-electron chi connectivity index (χ1n) is 4.75. The van der Waals surface area contributed by atoms with Gasteiger partial charge in [-0.15, -0.1) is 0 Å². The highest BCUT2D eigenvalue weighted by molar-refractivity contribution is 5.77. The topological polar surface area (TPSA) is 64.3 Å². The molecule has 3 N–H and O–H groups in total. The van der Waals surface area contributed by atoms with E-state index in [9.17, 15) is 4.79 Å². The molecule has 0 unspecified atom stereocenters. The number of amides is 1. The van der Waals surface area contributed by atoms with E-state index in [1.165, 1.54) is 0 Å². The molecule has 0 spiro atoms. The summed E-state index contributed by atoms with van der Waals surface area (Å²) in [4.78, 5) is 10.8. The van der Waals surface area contributed by atoms with Crippen molar-refractivity contribution in [2.75, 3.05) is 19.7 Å². The smallest absolute Gasteiger partial charge is 0.246 e. The molecule has 0 aliphatic carbocycles. The van der Waals surface area contributed by atoms with Crippen LogP contribution < -0.4 is 11.1 Å². The van der Waals surface area contributed by atoms with Crippen molar-refractivity contribution in [2.24, 2.45) is 5.73 Å². The molecule has 4 nitrogen and oxygen atoms in total. The van der Waals surface area contributed by atoms with Crippen molar-refractivity contribution in [3.63, 3.8) is 0 Å². The molecule has 0 aromatic carbocycles. The van der Waals surface area contributed by atoms with Crippen LogP contribution in [0, 0.1) is 0 Å². The van der Waals surface area contributed by atoms with Crippen molar-refractivity contribution in [1.82, 2.24) is 5.32 Å². The standard InChI is InChI=1S/C7H16N2O2.C2H6/c1-6(2)11-5-7(10)9-4-3-8;1-2/h6H,3-5,8H2,1-2H3,(H,9,10);1-2H3. The zero-order valence-corrected chi connectivity index (χ0v) is 9.09. The molecule has 0 saturated carbocycles. The summed E-state index contributed by atoms with van der Waals surface area (Å²) in [5.41, 5.74) is 5.18. The lowest BCUT2D eigenvalue weighted by atomic mass is 10.5. The average molecular weight is 190 g/mol. The normalized spacial score (nSPS) is 9.08. The number of carbonyl (C=O) groups is 1. The molecule has 0 bridgehead atoms. The van der Waals surface area contributed by atoms with Gasteiger partial charge in [-0.1, -0.05) is 13.8 Å². The lowest BCUT2D eigenvalue weighted by Gasteiger charge is -2.06. The van der Waals surface area contributed by atoms with Crippen LogP contribution in [-0.2, 0) is 9.53 Å². The predicted octanol–water partition coefficient (Wildman–Crippen LogP) is 0.513. The van der Waals surface area contributed by atoms with Gasteiger partial charge in [0.1, 0.15) is 6.61 Å². The molecule has 0 aromatic heterocycles. The third-order valence-electron chi connectivity index (χ3n) is 1.01. The van der Waals surface area contributed by atoms with Crippen LogP contribution in [0.5, 0.6) is 0 Å². The Morgan fingerprint density at radius 1 is 1.46 bits per heavy atom. The quantitative estimate of drug-likeness (QED) is 0.664. The van der Waals surface area contributed by atoms with E-state index in [2.05, 4.69) is 5.32 Å². The third-order valence-corrected chi connectivity index (χ3v) is 1.01. The molecule has 0 saturated heterocycles. The fourth-order valence-corrected chi connectivity index (χ4v) is 0.505. The summed E-state index contributed by atoms with van der Waals surface area (Å²) in [6.45, 7) is 8.87. The van der Waals surface area contributed by atoms with Gasteiger partial charge in [-0.05, 0) is 13.8 Å². The molecule has 0 atom stereocenters. The molecule has 13 heavy (non-hydrogen) atoms. The zero-order valence-electron chi connectivity index (χ0n) is 9.09. The lowest BCUT2D eigenvalue weighted by Crippen LogP contribution is -2.32. The number of nitrogens with two attached hydrogens (primary N) is 1. The maximum absolute atomic E-state index is 10.8. The van der Waals surface area contributed by atoms with Gasteiger partial charge < -0.3 is 15.8 Å². The first kappa shape index (κ1) is 14.9. The van der Waals surface area contributed by atoms with Gasteiger partial charge in [0.2, 0.25) is 5.91 Å². The van der Waals surface area contributed by atoms with E-state index in [4.69, 9.17) is 10.5 Å². The first-order valence-corrected chi connectivity index (χ1v) is 4.75. The summed E-state index contributed by atoms with van der Waals surface area (Å²) in [6.07, 6.45) is 0.0960. The third kappa shape index (κ3) is 14.3. The van der Waals surface area contributed by atoms with Crippen molar-refractivity contribution in [3.8, 4) is 0 Å². The Kier molecular flexibility index (Phi) is 13.0. The fourth-order valence-electron chi connectivity index (χ4n) is 0.505. The Bertz CT molecular complexity index is 116. The van der Waals surface area contributed by atoms with Crippen LogP contribution >= 0.6 is 0 Å². The first-order chi connectivity index (χ1) is 6.16. The highest BCUT2D eigenvalue weighted by atomic mass is 16.5. The molecule has 0 rings (SSSR count). The Labute approximate surface area is 80.8 Å². The van der Waals surface area contributed by atoms with Crippen LogP contribution in [0.2, 0.25) is 0 Å². The molecular weight excluding hydrogens is 168 g/mol. The molecule has 0 aliphatic heterocycles. The van der Waals surface area contributed by atoms with Crippen LogP contribution in [0.4, 0.5) is 0 Å². The van der Waals surface area contributed by atoms with E-state index < -0.39 is 0 Å². The van der Waals surface area contributed by atoms with Gasteiger partial charge in [0.25, 0.3) is 0 Å². The van der Waals surface area contributed by atoms with E-state index in [-0.39, 0.29) is 18.6 Å². The number of ether oxygens (including phenoxy) is 1. The zero-order chi connectivity index (χ0) is 10.7. The number of hydrogen-bond acceptors (Lipinski definition) is 3. The van der Waals surface area contributed by atoms with Gasteiger partial charge in [-0.2, -0.15) is 0 Å². The molecule has 1 amide bonds. The van der Waals surface area contributed by atoms with Crippen LogP contribution in [0.25, 0.3) is 0 Å². The SMILES string of the molecule is CC.CC(C)OCC(=O)NCCN. The molecule has 0 aliphatic rings. The molecule has 80 valence electrons. The molecule has 4 heteroatoms. The average Bonchev–Trinajstić information content (AvgIpc) is 2.14. The highest BCUT2D eigenvalue weighted by Gasteiger charge is 2.00. The Morgan fingerprint density at radius 3 is 2.38 bits per heavy atom. The number of hydrogen-bond donors (Lipinski definition) is 2. The number of nitrogens with one attached hydrogen (secondary N) is 1. The van der Waals surface area contributed by atoms with E-state index in [1.807, 2.05) is 27.7 Å². The minimum atomic E-state index is -0.107. The summed E-state index contributed by atoms with van der Waals surface area (Å²) in [7, 11) is 0. The molecule has 0 fully saturated rings. The second-order valence-corrected chi connectivity index (χ2v) is 2.50. The van der Waals surface area contributed by atoms with Gasteiger partial charge >= 0.3 is 0 Å². The monoisotopic (exact) mass is 190 g/mol. The Hall–Kier alpha value is -0.610. The Balaban J connectivity index is 0.